The Morgan fingerprint density at radius 3 is 2.43 bits per heavy atom. The first kappa shape index (κ1) is 15.2. The maximum absolute atomic E-state index is 12.3. The van der Waals surface area contributed by atoms with Gasteiger partial charge in [0.05, 0.1) is 5.56 Å². The highest BCUT2D eigenvalue weighted by Gasteiger charge is 2.16. The molecule has 0 saturated carbocycles. The zero-order valence-electron chi connectivity index (χ0n) is 12.1. The van der Waals surface area contributed by atoms with Crippen LogP contribution in [0.2, 0.25) is 0 Å². The van der Waals surface area contributed by atoms with Crippen molar-refractivity contribution in [1.29, 1.82) is 0 Å². The number of carbonyl (C=O) groups is 2. The Kier molecular flexibility index (Phi) is 4.72. The number of anilines is 1. The predicted octanol–water partition coefficient (Wildman–Crippen LogP) is 2.52. The summed E-state index contributed by atoms with van der Waals surface area (Å²) in [7, 11) is 3.46. The molecule has 1 aromatic carbocycles. The molecule has 6 heteroatoms. The van der Waals surface area contributed by atoms with Crippen LogP contribution in [-0.2, 0) is 0 Å². The SMILES string of the molecule is Cc1ccccc1C(=O)Nc1sccc1C(=O)NN(C)C. The number of benzene rings is 1. The lowest BCUT2D eigenvalue weighted by Gasteiger charge is -2.12. The number of thiophene rings is 1. The molecule has 2 rings (SSSR count). The van der Waals surface area contributed by atoms with Crippen molar-refractivity contribution in [3.05, 3.63) is 52.4 Å². The smallest absolute Gasteiger partial charge is 0.268 e. The van der Waals surface area contributed by atoms with E-state index in [0.717, 1.165) is 5.56 Å². The van der Waals surface area contributed by atoms with E-state index in [9.17, 15) is 9.59 Å². The fourth-order valence-corrected chi connectivity index (χ4v) is 2.63. The van der Waals surface area contributed by atoms with E-state index in [1.54, 1.807) is 36.6 Å². The molecule has 0 aliphatic carbocycles. The van der Waals surface area contributed by atoms with Crippen molar-refractivity contribution in [2.45, 2.75) is 6.92 Å². The molecule has 1 heterocycles. The fraction of sp³-hybridized carbons (Fsp3) is 0.200. The monoisotopic (exact) mass is 303 g/mol. The summed E-state index contributed by atoms with van der Waals surface area (Å²) in [4.78, 5) is 24.3. The summed E-state index contributed by atoms with van der Waals surface area (Å²) in [6.45, 7) is 1.88. The highest BCUT2D eigenvalue weighted by atomic mass is 32.1. The minimum Gasteiger partial charge on any atom is -0.313 e. The molecular weight excluding hydrogens is 286 g/mol. The van der Waals surface area contributed by atoms with Crippen LogP contribution in [-0.4, -0.2) is 30.9 Å². The molecule has 2 amide bonds. The molecule has 5 nitrogen and oxygen atoms in total. The number of hydrogen-bond acceptors (Lipinski definition) is 4. The van der Waals surface area contributed by atoms with Gasteiger partial charge < -0.3 is 5.32 Å². The van der Waals surface area contributed by atoms with Crippen molar-refractivity contribution in [2.24, 2.45) is 0 Å². The second-order valence-corrected chi connectivity index (χ2v) is 5.68. The quantitative estimate of drug-likeness (QED) is 0.853. The third-order valence-corrected chi connectivity index (χ3v) is 3.68. The van der Waals surface area contributed by atoms with E-state index in [1.165, 1.54) is 11.3 Å². The summed E-state index contributed by atoms with van der Waals surface area (Å²) in [6.07, 6.45) is 0. The molecule has 0 radical (unpaired) electrons. The molecule has 0 aliphatic rings. The normalized spacial score (nSPS) is 10.5. The Hall–Kier alpha value is -2.18. The number of carbonyl (C=O) groups excluding carboxylic acids is 2. The van der Waals surface area contributed by atoms with Crippen molar-refractivity contribution in [1.82, 2.24) is 10.4 Å². The predicted molar refractivity (Wildman–Crippen MR) is 84.6 cm³/mol. The van der Waals surface area contributed by atoms with Crippen molar-refractivity contribution >= 4 is 28.2 Å². The highest BCUT2D eigenvalue weighted by Crippen LogP contribution is 2.24. The van der Waals surface area contributed by atoms with Gasteiger partial charge in [0.15, 0.2) is 0 Å². The second-order valence-electron chi connectivity index (χ2n) is 4.77. The largest absolute Gasteiger partial charge is 0.313 e. The molecule has 0 spiro atoms. The van der Waals surface area contributed by atoms with Crippen molar-refractivity contribution in [2.75, 3.05) is 19.4 Å². The van der Waals surface area contributed by atoms with E-state index >= 15 is 0 Å². The molecule has 0 aliphatic heterocycles. The summed E-state index contributed by atoms with van der Waals surface area (Å²) in [5.74, 6) is -0.462. The van der Waals surface area contributed by atoms with E-state index in [4.69, 9.17) is 0 Å². The molecule has 21 heavy (non-hydrogen) atoms. The van der Waals surface area contributed by atoms with Crippen LogP contribution in [0.15, 0.2) is 35.7 Å². The molecule has 0 atom stereocenters. The van der Waals surface area contributed by atoms with Gasteiger partial charge in [-0.3, -0.25) is 15.0 Å². The van der Waals surface area contributed by atoms with Crippen LogP contribution in [0, 0.1) is 6.92 Å². The standard InChI is InChI=1S/C15H17N3O2S/c1-10-6-4-5-7-11(10)13(19)16-15-12(8-9-21-15)14(20)17-18(2)3/h4-9H,1-3H3,(H,16,19)(H,17,20). The third kappa shape index (κ3) is 3.68. The minimum absolute atomic E-state index is 0.213. The number of nitrogens with one attached hydrogen (secondary N) is 2. The van der Waals surface area contributed by atoms with Gasteiger partial charge in [0.2, 0.25) is 0 Å². The average molecular weight is 303 g/mol. The van der Waals surface area contributed by atoms with Crippen LogP contribution >= 0.6 is 11.3 Å². The Labute approximate surface area is 127 Å². The van der Waals surface area contributed by atoms with Crippen LogP contribution in [0.25, 0.3) is 0 Å². The molecule has 0 bridgehead atoms. The van der Waals surface area contributed by atoms with Crippen LogP contribution in [0.1, 0.15) is 26.3 Å². The van der Waals surface area contributed by atoms with Crippen molar-refractivity contribution in [3.8, 4) is 0 Å². The van der Waals surface area contributed by atoms with Gasteiger partial charge in [0, 0.05) is 19.7 Å². The Morgan fingerprint density at radius 1 is 1.05 bits per heavy atom. The zero-order chi connectivity index (χ0) is 15.4. The summed E-state index contributed by atoms with van der Waals surface area (Å²) in [5.41, 5.74) is 4.61. The molecule has 110 valence electrons. The van der Waals surface area contributed by atoms with Crippen LogP contribution in [0.5, 0.6) is 0 Å². The van der Waals surface area contributed by atoms with E-state index in [-0.39, 0.29) is 11.8 Å². The van der Waals surface area contributed by atoms with Gasteiger partial charge in [-0.15, -0.1) is 11.3 Å². The second kappa shape index (κ2) is 6.51. The topological polar surface area (TPSA) is 61.4 Å². The van der Waals surface area contributed by atoms with Gasteiger partial charge in [-0.1, -0.05) is 18.2 Å². The maximum atomic E-state index is 12.3. The first-order chi connectivity index (χ1) is 9.99. The first-order valence-electron chi connectivity index (χ1n) is 6.42. The number of nitrogens with zero attached hydrogens (tertiary/aromatic N) is 1. The number of amides is 2. The lowest BCUT2D eigenvalue weighted by Crippen LogP contribution is -2.36. The number of aryl methyl sites for hydroxylation is 1. The average Bonchev–Trinajstić information content (AvgIpc) is 2.86. The van der Waals surface area contributed by atoms with Crippen molar-refractivity contribution in [3.63, 3.8) is 0 Å². The molecule has 1 aromatic heterocycles. The molecule has 0 unspecified atom stereocenters. The lowest BCUT2D eigenvalue weighted by atomic mass is 10.1. The van der Waals surface area contributed by atoms with Gasteiger partial charge in [0.1, 0.15) is 5.00 Å². The first-order valence-corrected chi connectivity index (χ1v) is 7.30. The van der Waals surface area contributed by atoms with E-state index in [2.05, 4.69) is 10.7 Å². The van der Waals surface area contributed by atoms with Gasteiger partial charge in [-0.05, 0) is 30.0 Å². The van der Waals surface area contributed by atoms with E-state index in [1.807, 2.05) is 25.1 Å². The minimum atomic E-state index is -0.249. The van der Waals surface area contributed by atoms with Crippen LogP contribution in [0.4, 0.5) is 5.00 Å². The maximum Gasteiger partial charge on any atom is 0.268 e. The summed E-state index contributed by atoms with van der Waals surface area (Å²) in [5, 5.41) is 6.68. The van der Waals surface area contributed by atoms with Crippen LogP contribution in [0.3, 0.4) is 0 Å². The third-order valence-electron chi connectivity index (χ3n) is 2.85. The van der Waals surface area contributed by atoms with E-state index < -0.39 is 0 Å². The van der Waals surface area contributed by atoms with E-state index in [0.29, 0.717) is 16.1 Å². The number of rotatable bonds is 4. The summed E-state index contributed by atoms with van der Waals surface area (Å²) >= 11 is 1.32. The Bertz CT molecular complexity index is 664. The summed E-state index contributed by atoms with van der Waals surface area (Å²) < 4.78 is 0. The van der Waals surface area contributed by atoms with Gasteiger partial charge in [-0.25, -0.2) is 5.01 Å². The highest BCUT2D eigenvalue weighted by molar-refractivity contribution is 7.14. The summed E-state index contributed by atoms with van der Waals surface area (Å²) in [6, 6.07) is 9.03. The van der Waals surface area contributed by atoms with Gasteiger partial charge in [0.25, 0.3) is 11.8 Å². The molecular formula is C15H17N3O2S. The number of hydrogen-bond donors (Lipinski definition) is 2. The fourth-order valence-electron chi connectivity index (χ4n) is 1.85. The molecule has 2 N–H and O–H groups in total. The zero-order valence-corrected chi connectivity index (χ0v) is 13.0. The Morgan fingerprint density at radius 2 is 1.76 bits per heavy atom. The molecule has 2 aromatic rings. The van der Waals surface area contributed by atoms with Crippen LogP contribution < -0.4 is 10.7 Å². The Balaban J connectivity index is 2.18. The molecule has 0 fully saturated rings. The molecule has 0 saturated heterocycles. The van der Waals surface area contributed by atoms with Crippen molar-refractivity contribution < 1.29 is 9.59 Å². The lowest BCUT2D eigenvalue weighted by molar-refractivity contribution is 0.0858. The van der Waals surface area contributed by atoms with Gasteiger partial charge >= 0.3 is 0 Å². The number of hydrazine groups is 1. The van der Waals surface area contributed by atoms with Gasteiger partial charge in [-0.2, -0.15) is 0 Å².